The summed E-state index contributed by atoms with van der Waals surface area (Å²) in [6, 6.07) is 44.5. The fraction of sp³-hybridized carbons (Fsp3) is 0.478. The number of unbranched alkanes of at least 4 members (excludes halogenated alkanes) is 10. The Morgan fingerprint density at radius 3 is 0.887 bits per heavy atom. The molecule has 0 atom stereocenters. The normalized spacial score (nSPS) is 14.1. The van der Waals surface area contributed by atoms with Crippen LogP contribution in [0.1, 0.15) is 220 Å². The van der Waals surface area contributed by atoms with E-state index in [0.29, 0.717) is 0 Å². The van der Waals surface area contributed by atoms with Crippen LogP contribution in [0.4, 0.5) is 0 Å². The summed E-state index contributed by atoms with van der Waals surface area (Å²) in [4.78, 5) is 0. The van der Waals surface area contributed by atoms with Crippen LogP contribution in [0.3, 0.4) is 0 Å². The zero-order valence-electron chi connectivity index (χ0n) is 46.7. The van der Waals surface area contributed by atoms with E-state index >= 15 is 0 Å². The van der Waals surface area contributed by atoms with Crippen molar-refractivity contribution in [1.29, 1.82) is 0 Å². The standard InChI is InChI=1S/C69H88N2/c1-15-17-19-21-23-25-39-69(40-26-24-22-20-18-16-2)59-45-51(70-61-35-27-47(65(3,4)5)41-55(61)56-42-48(66(6,7)8)28-36-62(56)70)31-33-53(59)54-34-32-52(46-60(54)69)71-63-37-29-49(67(9,10)11)43-57(63)58-44-50(68(12,13)14)30-38-64(58)71/h27-38,41-46H,15-26,39-40H2,1-14H3. The summed E-state index contributed by atoms with van der Waals surface area (Å²) in [6.45, 7) is 32.8. The molecule has 1 aliphatic rings. The first-order valence-electron chi connectivity index (χ1n) is 28.1. The van der Waals surface area contributed by atoms with Crippen LogP contribution in [0.25, 0.3) is 66.1 Å². The largest absolute Gasteiger partial charge is 0.309 e. The maximum atomic E-state index is 2.67. The van der Waals surface area contributed by atoms with Crippen LogP contribution in [-0.4, -0.2) is 9.13 Å². The Hall–Kier alpha value is -5.08. The molecule has 0 N–H and O–H groups in total. The van der Waals surface area contributed by atoms with Gasteiger partial charge in [-0.25, -0.2) is 0 Å². The number of fused-ring (bicyclic) bond motifs is 9. The summed E-state index contributed by atoms with van der Waals surface area (Å²) in [5.74, 6) is 0. The second-order valence-electron chi connectivity index (χ2n) is 26.2. The second kappa shape index (κ2) is 19.4. The third kappa shape index (κ3) is 9.68. The lowest BCUT2D eigenvalue weighted by molar-refractivity contribution is 0.397. The van der Waals surface area contributed by atoms with Crippen LogP contribution in [0, 0.1) is 0 Å². The predicted molar refractivity (Wildman–Crippen MR) is 312 cm³/mol. The van der Waals surface area contributed by atoms with Gasteiger partial charge < -0.3 is 9.13 Å². The Balaban J connectivity index is 1.27. The Kier molecular flexibility index (Phi) is 13.9. The third-order valence-corrected chi connectivity index (χ3v) is 16.8. The summed E-state index contributed by atoms with van der Waals surface area (Å²) >= 11 is 0. The van der Waals surface area contributed by atoms with E-state index in [1.54, 1.807) is 11.1 Å². The molecule has 0 bridgehead atoms. The molecule has 1 aliphatic carbocycles. The number of benzene rings is 6. The topological polar surface area (TPSA) is 9.86 Å². The molecule has 0 aliphatic heterocycles. The smallest absolute Gasteiger partial charge is 0.0541 e. The number of rotatable bonds is 16. The average molecular weight is 945 g/mol. The van der Waals surface area contributed by atoms with E-state index in [2.05, 4.69) is 215 Å². The van der Waals surface area contributed by atoms with E-state index in [9.17, 15) is 0 Å². The van der Waals surface area contributed by atoms with Gasteiger partial charge in [0.05, 0.1) is 22.1 Å². The molecule has 71 heavy (non-hydrogen) atoms. The average Bonchev–Trinajstić information content (AvgIpc) is 3.92. The molecule has 0 spiro atoms. The van der Waals surface area contributed by atoms with Gasteiger partial charge in [0.2, 0.25) is 0 Å². The third-order valence-electron chi connectivity index (χ3n) is 16.8. The molecule has 2 aromatic heterocycles. The number of nitrogens with zero attached hydrogens (tertiary/aromatic N) is 2. The van der Waals surface area contributed by atoms with Crippen molar-refractivity contribution in [3.8, 4) is 22.5 Å². The lowest BCUT2D eigenvalue weighted by Gasteiger charge is -2.33. The van der Waals surface area contributed by atoms with Gasteiger partial charge in [-0.1, -0.05) is 210 Å². The van der Waals surface area contributed by atoms with Crippen LogP contribution in [-0.2, 0) is 27.1 Å². The van der Waals surface area contributed by atoms with Crippen molar-refractivity contribution in [2.75, 3.05) is 0 Å². The molecule has 2 nitrogen and oxygen atoms in total. The monoisotopic (exact) mass is 945 g/mol. The summed E-state index contributed by atoms with van der Waals surface area (Å²) in [6.07, 6.45) is 18.0. The van der Waals surface area contributed by atoms with Gasteiger partial charge in [0, 0.05) is 38.3 Å². The van der Waals surface area contributed by atoms with Crippen LogP contribution < -0.4 is 0 Å². The molecular weight excluding hydrogens is 857 g/mol. The molecule has 8 aromatic rings. The lowest BCUT2D eigenvalue weighted by atomic mass is 9.70. The van der Waals surface area contributed by atoms with Gasteiger partial charge in [-0.15, -0.1) is 0 Å². The molecule has 374 valence electrons. The summed E-state index contributed by atoms with van der Waals surface area (Å²) in [5.41, 5.74) is 19.4. The predicted octanol–water partition coefficient (Wildman–Crippen LogP) is 20.8. The van der Waals surface area contributed by atoms with E-state index in [4.69, 9.17) is 0 Å². The van der Waals surface area contributed by atoms with E-state index in [1.165, 1.54) is 178 Å². The van der Waals surface area contributed by atoms with E-state index < -0.39 is 0 Å². The molecule has 2 heteroatoms. The maximum Gasteiger partial charge on any atom is 0.0541 e. The van der Waals surface area contributed by atoms with Crippen molar-refractivity contribution in [2.45, 2.75) is 214 Å². The van der Waals surface area contributed by atoms with Crippen molar-refractivity contribution >= 4 is 43.6 Å². The highest BCUT2D eigenvalue weighted by Gasteiger charge is 2.43. The van der Waals surface area contributed by atoms with Crippen LogP contribution >= 0.6 is 0 Å². The molecule has 9 rings (SSSR count). The Morgan fingerprint density at radius 1 is 0.324 bits per heavy atom. The summed E-state index contributed by atoms with van der Waals surface area (Å²) < 4.78 is 5.21. The maximum absolute atomic E-state index is 2.67. The van der Waals surface area contributed by atoms with Gasteiger partial charge in [0.1, 0.15) is 0 Å². The van der Waals surface area contributed by atoms with Crippen molar-refractivity contribution < 1.29 is 0 Å². The molecule has 0 saturated carbocycles. The van der Waals surface area contributed by atoms with E-state index in [1.807, 2.05) is 0 Å². The zero-order valence-corrected chi connectivity index (χ0v) is 46.7. The molecule has 0 saturated heterocycles. The lowest BCUT2D eigenvalue weighted by Crippen LogP contribution is -2.26. The number of hydrogen-bond acceptors (Lipinski definition) is 0. The van der Waals surface area contributed by atoms with Gasteiger partial charge in [-0.3, -0.25) is 0 Å². The van der Waals surface area contributed by atoms with Crippen molar-refractivity contribution in [3.63, 3.8) is 0 Å². The van der Waals surface area contributed by atoms with Crippen molar-refractivity contribution in [1.82, 2.24) is 9.13 Å². The first-order valence-corrected chi connectivity index (χ1v) is 28.1. The molecule has 0 radical (unpaired) electrons. The van der Waals surface area contributed by atoms with Gasteiger partial charge in [0.15, 0.2) is 0 Å². The minimum absolute atomic E-state index is 0.0547. The summed E-state index contributed by atoms with van der Waals surface area (Å²) in [7, 11) is 0. The molecule has 0 unspecified atom stereocenters. The first kappa shape index (κ1) is 50.8. The second-order valence-corrected chi connectivity index (χ2v) is 26.2. The molecule has 6 aromatic carbocycles. The van der Waals surface area contributed by atoms with Crippen molar-refractivity contribution in [3.05, 3.63) is 143 Å². The van der Waals surface area contributed by atoms with Gasteiger partial charge in [-0.05, 0) is 152 Å². The van der Waals surface area contributed by atoms with Gasteiger partial charge in [-0.2, -0.15) is 0 Å². The highest BCUT2D eigenvalue weighted by molar-refractivity contribution is 6.11. The first-order chi connectivity index (χ1) is 33.7. The van der Waals surface area contributed by atoms with Crippen LogP contribution in [0.2, 0.25) is 0 Å². The highest BCUT2D eigenvalue weighted by atomic mass is 15.0. The number of hydrogen-bond donors (Lipinski definition) is 0. The SMILES string of the molecule is CCCCCCCCC1(CCCCCCCC)c2cc(-n3c4ccc(C(C)(C)C)cc4c4cc(C(C)(C)C)ccc43)ccc2-c2ccc(-n3c4ccc(C(C)(C)C)cc4c4cc(C(C)(C)C)ccc43)cc21. The van der Waals surface area contributed by atoms with Crippen LogP contribution in [0.5, 0.6) is 0 Å². The van der Waals surface area contributed by atoms with E-state index in [0.717, 1.165) is 0 Å². The minimum atomic E-state index is -0.0959. The Bertz CT molecular complexity index is 2850. The molecular formula is C69H88N2. The Labute approximate surface area is 429 Å². The van der Waals surface area contributed by atoms with Gasteiger partial charge in [0.25, 0.3) is 0 Å². The number of aromatic nitrogens is 2. The van der Waals surface area contributed by atoms with E-state index in [-0.39, 0.29) is 27.1 Å². The van der Waals surface area contributed by atoms with Crippen molar-refractivity contribution in [2.24, 2.45) is 0 Å². The molecule has 0 fully saturated rings. The summed E-state index contributed by atoms with van der Waals surface area (Å²) in [5, 5.41) is 5.42. The minimum Gasteiger partial charge on any atom is -0.309 e. The Morgan fingerprint density at radius 2 is 0.606 bits per heavy atom. The fourth-order valence-corrected chi connectivity index (χ4v) is 12.3. The van der Waals surface area contributed by atoms with Crippen LogP contribution in [0.15, 0.2) is 109 Å². The van der Waals surface area contributed by atoms with Gasteiger partial charge >= 0.3 is 0 Å². The molecule has 2 heterocycles. The molecule has 0 amide bonds. The fourth-order valence-electron chi connectivity index (χ4n) is 12.3. The zero-order chi connectivity index (χ0) is 50.7. The highest BCUT2D eigenvalue weighted by Crippen LogP contribution is 2.56. The quantitative estimate of drug-likeness (QED) is 0.0855.